The molecule has 4 aromatic rings. The third kappa shape index (κ3) is 10.1. The molecule has 1 aliphatic heterocycles. The van der Waals surface area contributed by atoms with Crippen LogP contribution in [0.4, 0.5) is 5.69 Å². The molecule has 5 heteroatoms. The first-order valence-electron chi connectivity index (χ1n) is 12.8. The van der Waals surface area contributed by atoms with Gasteiger partial charge in [-0.05, 0) is 35.1 Å². The summed E-state index contributed by atoms with van der Waals surface area (Å²) in [5.41, 5.74) is 4.56. The van der Waals surface area contributed by atoms with Gasteiger partial charge in [0.25, 0.3) is 0 Å². The third-order valence-electron chi connectivity index (χ3n) is 5.69. The molecule has 1 aliphatic rings. The zero-order valence-electron chi connectivity index (χ0n) is 22.9. The van der Waals surface area contributed by atoms with Gasteiger partial charge in [0.1, 0.15) is 5.76 Å². The van der Waals surface area contributed by atoms with E-state index >= 15 is 0 Å². The SMILES string of the molecule is CC(C)c1cccc(C(C)C)c1N1[C]N(/C=C(\O)c2ccccc2)C=C1.[Ni].[c-]1ccccc1.c1ccncc1. The number of aliphatic hydroxyl groups is 1. The van der Waals surface area contributed by atoms with Crippen LogP contribution in [0.2, 0.25) is 0 Å². The van der Waals surface area contributed by atoms with Crippen molar-refractivity contribution in [1.29, 1.82) is 0 Å². The van der Waals surface area contributed by atoms with Crippen LogP contribution in [0.15, 0.2) is 128 Å². The van der Waals surface area contributed by atoms with Crippen LogP contribution >= 0.6 is 0 Å². The van der Waals surface area contributed by atoms with Crippen molar-refractivity contribution in [3.63, 3.8) is 0 Å². The number of hydrogen-bond acceptors (Lipinski definition) is 4. The molecular formula is C34H36N3NiO-. The minimum absolute atomic E-state index is 0. The van der Waals surface area contributed by atoms with Gasteiger partial charge in [-0.3, -0.25) is 4.98 Å². The second kappa shape index (κ2) is 16.9. The van der Waals surface area contributed by atoms with Crippen molar-refractivity contribution in [2.45, 2.75) is 39.5 Å². The summed E-state index contributed by atoms with van der Waals surface area (Å²) >= 11 is 0. The summed E-state index contributed by atoms with van der Waals surface area (Å²) < 4.78 is 0. The summed E-state index contributed by atoms with van der Waals surface area (Å²) in [7, 11) is 0. The van der Waals surface area contributed by atoms with Gasteiger partial charge in [0.2, 0.25) is 6.67 Å². The largest absolute Gasteiger partial charge is 0.506 e. The number of anilines is 1. The second-order valence-corrected chi connectivity index (χ2v) is 9.25. The molecule has 2 heterocycles. The van der Waals surface area contributed by atoms with E-state index in [0.29, 0.717) is 11.8 Å². The molecule has 39 heavy (non-hydrogen) atoms. The van der Waals surface area contributed by atoms with Crippen LogP contribution < -0.4 is 4.90 Å². The Morgan fingerprint density at radius 2 is 1.33 bits per heavy atom. The minimum Gasteiger partial charge on any atom is -0.506 e. The van der Waals surface area contributed by atoms with Gasteiger partial charge in [0.05, 0.1) is 5.69 Å². The van der Waals surface area contributed by atoms with E-state index in [1.54, 1.807) is 23.5 Å². The first-order chi connectivity index (χ1) is 18.5. The minimum atomic E-state index is 0. The molecule has 5 rings (SSSR count). The van der Waals surface area contributed by atoms with Gasteiger partial charge in [0, 0.05) is 53.0 Å². The number of rotatable bonds is 5. The van der Waals surface area contributed by atoms with Gasteiger partial charge in [-0.1, -0.05) is 82.3 Å². The summed E-state index contributed by atoms with van der Waals surface area (Å²) in [6.07, 6.45) is 9.07. The van der Waals surface area contributed by atoms with Crippen LogP contribution in [0, 0.1) is 12.7 Å². The van der Waals surface area contributed by atoms with E-state index < -0.39 is 0 Å². The first-order valence-corrected chi connectivity index (χ1v) is 12.8. The first kappa shape index (κ1) is 31.4. The quantitative estimate of drug-likeness (QED) is 0.150. The molecule has 0 saturated carbocycles. The van der Waals surface area contributed by atoms with Crippen molar-refractivity contribution in [2.24, 2.45) is 0 Å². The average molecular weight is 561 g/mol. The van der Waals surface area contributed by atoms with Crippen molar-refractivity contribution in [3.05, 3.63) is 157 Å². The summed E-state index contributed by atoms with van der Waals surface area (Å²) in [6, 6.07) is 34.2. The Morgan fingerprint density at radius 3 is 1.77 bits per heavy atom. The van der Waals surface area contributed by atoms with E-state index in [1.807, 2.05) is 96.2 Å². The molecule has 204 valence electrons. The third-order valence-corrected chi connectivity index (χ3v) is 5.69. The predicted octanol–water partition coefficient (Wildman–Crippen LogP) is 8.65. The molecule has 0 amide bonds. The molecule has 4 nitrogen and oxygen atoms in total. The van der Waals surface area contributed by atoms with Gasteiger partial charge in [0.15, 0.2) is 0 Å². The Kier molecular flexibility index (Phi) is 13.6. The summed E-state index contributed by atoms with van der Waals surface area (Å²) in [5.74, 6) is 1.05. The van der Waals surface area contributed by atoms with E-state index in [4.69, 9.17) is 0 Å². The summed E-state index contributed by atoms with van der Waals surface area (Å²) in [4.78, 5) is 7.58. The number of benzene rings is 3. The second-order valence-electron chi connectivity index (χ2n) is 9.25. The van der Waals surface area contributed by atoms with Crippen LogP contribution in [0.25, 0.3) is 5.76 Å². The Balaban J connectivity index is 0.000000336. The molecule has 0 saturated heterocycles. The number of nitrogens with zero attached hydrogens (tertiary/aromatic N) is 3. The van der Waals surface area contributed by atoms with Crippen molar-refractivity contribution in [3.8, 4) is 0 Å². The molecule has 3 aromatic carbocycles. The molecule has 0 bridgehead atoms. The maximum Gasteiger partial charge on any atom is 0.217 e. The zero-order valence-corrected chi connectivity index (χ0v) is 23.9. The molecule has 0 aliphatic carbocycles. The fraction of sp³-hybridized carbons (Fsp3) is 0.176. The van der Waals surface area contributed by atoms with Gasteiger partial charge in [-0.25, -0.2) is 0 Å². The van der Waals surface area contributed by atoms with Crippen LogP contribution in [0.1, 0.15) is 56.2 Å². The molecule has 1 N–H and O–H groups in total. The average Bonchev–Trinajstić information content (AvgIpc) is 3.43. The maximum absolute atomic E-state index is 10.4. The number of para-hydroxylation sites is 1. The Labute approximate surface area is 244 Å². The van der Waals surface area contributed by atoms with Crippen molar-refractivity contribution in [1.82, 2.24) is 9.88 Å². The number of pyridine rings is 1. The maximum atomic E-state index is 10.4. The van der Waals surface area contributed by atoms with Crippen LogP contribution in [0.5, 0.6) is 0 Å². The smallest absolute Gasteiger partial charge is 0.217 e. The molecule has 0 fully saturated rings. The van der Waals surface area contributed by atoms with Gasteiger partial charge in [-0.2, -0.15) is 36.4 Å². The predicted molar refractivity (Wildman–Crippen MR) is 158 cm³/mol. The molecule has 2 radical (unpaired) electrons. The van der Waals surface area contributed by atoms with Crippen LogP contribution in [-0.4, -0.2) is 15.0 Å². The van der Waals surface area contributed by atoms with Crippen LogP contribution in [-0.2, 0) is 16.5 Å². The van der Waals surface area contributed by atoms with Crippen LogP contribution in [0.3, 0.4) is 0 Å². The van der Waals surface area contributed by atoms with E-state index in [-0.39, 0.29) is 22.3 Å². The number of aromatic nitrogens is 1. The Bertz CT molecular complexity index is 1150. The molecule has 1 aromatic heterocycles. The normalized spacial score (nSPS) is 12.3. The number of aliphatic hydroxyl groups excluding tert-OH is 1. The summed E-state index contributed by atoms with van der Waals surface area (Å²) in [6.45, 7) is 12.2. The zero-order chi connectivity index (χ0) is 27.2. The van der Waals surface area contributed by atoms with E-state index in [9.17, 15) is 5.11 Å². The standard InChI is InChI=1S/C23H26N2O.C6H5.C5H5N.Ni/c1-17(2)20-11-8-12-21(18(3)4)23(20)25-14-13-24(16-25)15-22(26)19-9-6-5-7-10-19;2*1-2-4-6-5-3-1;/h5-15,17-18,26H,1-4H3;2*1-5H;/q;-1;;/b22-15-;;;. The van der Waals surface area contributed by atoms with Crippen molar-refractivity contribution >= 4 is 11.4 Å². The molecule has 0 atom stereocenters. The van der Waals surface area contributed by atoms with Gasteiger partial charge >= 0.3 is 0 Å². The molecular weight excluding hydrogens is 525 g/mol. The van der Waals surface area contributed by atoms with Gasteiger partial charge < -0.3 is 14.9 Å². The Morgan fingerprint density at radius 1 is 0.769 bits per heavy atom. The van der Waals surface area contributed by atoms with E-state index in [1.165, 1.54) is 16.8 Å². The van der Waals surface area contributed by atoms with Crippen molar-refractivity contribution in [2.75, 3.05) is 4.90 Å². The van der Waals surface area contributed by atoms with E-state index in [2.05, 4.69) is 63.6 Å². The van der Waals surface area contributed by atoms with Crippen molar-refractivity contribution < 1.29 is 21.6 Å². The topological polar surface area (TPSA) is 39.6 Å². The Hall–Kier alpha value is -3.82. The summed E-state index contributed by atoms with van der Waals surface area (Å²) in [5, 5.41) is 10.4. The molecule has 0 unspecified atom stereocenters. The molecule has 0 spiro atoms. The van der Waals surface area contributed by atoms with E-state index in [0.717, 1.165) is 5.56 Å². The fourth-order valence-electron chi connectivity index (χ4n) is 3.79. The van der Waals surface area contributed by atoms with Gasteiger partial charge in [-0.15, -0.1) is 0 Å². The number of hydrogen-bond donors (Lipinski definition) is 1. The monoisotopic (exact) mass is 560 g/mol. The fourth-order valence-corrected chi connectivity index (χ4v) is 3.79.